The van der Waals surface area contributed by atoms with Crippen molar-refractivity contribution in [2.24, 2.45) is 45.3 Å². The molecule has 190 valence electrons. The van der Waals surface area contributed by atoms with Crippen molar-refractivity contribution >= 4 is 6.16 Å². The van der Waals surface area contributed by atoms with Gasteiger partial charge in [-0.25, -0.2) is 4.79 Å². The molecule has 5 heteroatoms. The fraction of sp³-hybridized carbons (Fsp3) is 0.966. The summed E-state index contributed by atoms with van der Waals surface area (Å²) in [4.78, 5) is 11.9. The maximum absolute atomic E-state index is 11.9. The molecule has 7 rings (SSSR count). The van der Waals surface area contributed by atoms with Gasteiger partial charge in [-0.3, -0.25) is 0 Å². The number of aliphatic hydroxyl groups is 1. The Balaban J connectivity index is 1.14. The first-order valence-corrected chi connectivity index (χ1v) is 14.2. The number of carbonyl (C=O) groups excluding carboxylic acids is 1. The summed E-state index contributed by atoms with van der Waals surface area (Å²) in [5, 5.41) is 10.8. The molecule has 7 fully saturated rings. The minimum Gasteiger partial charge on any atom is -0.424 e. The average Bonchev–Trinajstić information content (AvgIpc) is 3.22. The first-order valence-electron chi connectivity index (χ1n) is 14.2. The quantitative estimate of drug-likeness (QED) is 0.484. The van der Waals surface area contributed by atoms with E-state index in [0.717, 1.165) is 24.7 Å². The lowest BCUT2D eigenvalue weighted by Crippen LogP contribution is -2.54. The number of fused-ring (bicyclic) bond motifs is 4. The number of hydrogen-bond donors (Lipinski definition) is 1. The molecule has 2 spiro atoms. The molecule has 2 saturated heterocycles. The molecule has 0 aromatic carbocycles. The van der Waals surface area contributed by atoms with Gasteiger partial charge in [0.2, 0.25) is 0 Å². The maximum atomic E-state index is 11.9. The number of carbonyl (C=O) groups is 1. The van der Waals surface area contributed by atoms with Crippen molar-refractivity contribution in [3.8, 4) is 0 Å². The normalized spacial score (nSPS) is 58.4. The van der Waals surface area contributed by atoms with Crippen LogP contribution in [-0.4, -0.2) is 41.3 Å². The van der Waals surface area contributed by atoms with E-state index in [-0.39, 0.29) is 29.8 Å². The van der Waals surface area contributed by atoms with Crippen LogP contribution in [0, 0.1) is 45.3 Å². The highest BCUT2D eigenvalue weighted by Gasteiger charge is 2.80. The highest BCUT2D eigenvalue weighted by molar-refractivity contribution is 5.63. The first kappa shape index (κ1) is 22.4. The number of cyclic esters (lactones) is 2. The third-order valence-electron chi connectivity index (χ3n) is 13.2. The van der Waals surface area contributed by atoms with Crippen molar-refractivity contribution in [2.75, 3.05) is 0 Å². The van der Waals surface area contributed by atoms with E-state index in [1.807, 2.05) is 13.8 Å². The lowest BCUT2D eigenvalue weighted by molar-refractivity contribution is -0.148. The van der Waals surface area contributed by atoms with E-state index in [9.17, 15) is 9.90 Å². The van der Waals surface area contributed by atoms with Gasteiger partial charge in [-0.15, -0.1) is 0 Å². The van der Waals surface area contributed by atoms with Gasteiger partial charge in [0.15, 0.2) is 6.10 Å². The summed E-state index contributed by atoms with van der Waals surface area (Å²) >= 11 is 0. The molecule has 5 aliphatic carbocycles. The van der Waals surface area contributed by atoms with Crippen molar-refractivity contribution < 1.29 is 24.1 Å². The van der Waals surface area contributed by atoms with Gasteiger partial charge in [0.05, 0.1) is 18.3 Å². The Morgan fingerprint density at radius 1 is 0.824 bits per heavy atom. The van der Waals surface area contributed by atoms with E-state index >= 15 is 0 Å². The van der Waals surface area contributed by atoms with Gasteiger partial charge in [-0.05, 0) is 123 Å². The zero-order valence-electron chi connectivity index (χ0n) is 21.8. The molecule has 1 N–H and O–H groups in total. The van der Waals surface area contributed by atoms with E-state index in [0.29, 0.717) is 28.1 Å². The molecule has 0 bridgehead atoms. The largest absolute Gasteiger partial charge is 0.509 e. The average molecular weight is 473 g/mol. The lowest BCUT2D eigenvalue weighted by Gasteiger charge is -2.59. The van der Waals surface area contributed by atoms with E-state index in [4.69, 9.17) is 14.2 Å². The molecule has 2 aliphatic heterocycles. The monoisotopic (exact) mass is 472 g/mol. The minimum absolute atomic E-state index is 0.0518. The summed E-state index contributed by atoms with van der Waals surface area (Å²) in [6, 6.07) is 0. The molecule has 9 unspecified atom stereocenters. The molecule has 5 saturated carbocycles. The summed E-state index contributed by atoms with van der Waals surface area (Å²) in [5.74, 6) is 2.89. The van der Waals surface area contributed by atoms with Gasteiger partial charge in [-0.1, -0.05) is 20.8 Å². The molecular weight excluding hydrogens is 428 g/mol. The Hall–Kier alpha value is -0.810. The third-order valence-corrected chi connectivity index (χ3v) is 13.2. The number of ether oxygens (including phenoxy) is 3. The Kier molecular flexibility index (Phi) is 4.31. The second-order valence-corrected chi connectivity index (χ2v) is 14.8. The molecule has 0 amide bonds. The van der Waals surface area contributed by atoms with Crippen molar-refractivity contribution in [1.29, 1.82) is 0 Å². The van der Waals surface area contributed by atoms with Crippen LogP contribution < -0.4 is 0 Å². The van der Waals surface area contributed by atoms with E-state index < -0.39 is 11.8 Å². The highest BCUT2D eigenvalue weighted by Crippen LogP contribution is 2.87. The van der Waals surface area contributed by atoms with E-state index in [1.165, 1.54) is 51.4 Å². The second-order valence-electron chi connectivity index (χ2n) is 14.8. The van der Waals surface area contributed by atoms with Crippen molar-refractivity contribution in [3.05, 3.63) is 0 Å². The first-order chi connectivity index (χ1) is 15.9. The van der Waals surface area contributed by atoms with E-state index in [2.05, 4.69) is 20.8 Å². The summed E-state index contributed by atoms with van der Waals surface area (Å²) in [6.07, 6.45) is 11.6. The molecule has 0 aromatic heterocycles. The predicted molar refractivity (Wildman–Crippen MR) is 127 cm³/mol. The van der Waals surface area contributed by atoms with Crippen molar-refractivity contribution in [2.45, 2.75) is 129 Å². The number of rotatable bonds is 1. The maximum Gasteiger partial charge on any atom is 0.509 e. The minimum atomic E-state index is -0.620. The van der Waals surface area contributed by atoms with Gasteiger partial charge < -0.3 is 19.3 Å². The van der Waals surface area contributed by atoms with Gasteiger partial charge in [0, 0.05) is 0 Å². The van der Waals surface area contributed by atoms with Crippen LogP contribution in [0.5, 0.6) is 0 Å². The molecule has 0 aromatic rings. The molecule has 7 aliphatic rings. The van der Waals surface area contributed by atoms with Crippen LogP contribution in [0.2, 0.25) is 0 Å². The van der Waals surface area contributed by atoms with Gasteiger partial charge in [-0.2, -0.15) is 0 Å². The molecule has 11 atom stereocenters. The zero-order valence-corrected chi connectivity index (χ0v) is 21.8. The third kappa shape index (κ3) is 2.52. The fourth-order valence-electron chi connectivity index (χ4n) is 11.6. The van der Waals surface area contributed by atoms with Crippen LogP contribution in [-0.2, 0) is 14.2 Å². The van der Waals surface area contributed by atoms with Crippen molar-refractivity contribution in [1.82, 2.24) is 0 Å². The lowest BCUT2D eigenvalue weighted by atomic mass is 9.46. The topological polar surface area (TPSA) is 65.0 Å². The van der Waals surface area contributed by atoms with Gasteiger partial charge in [0.1, 0.15) is 5.60 Å². The summed E-state index contributed by atoms with van der Waals surface area (Å²) in [7, 11) is 0. The van der Waals surface area contributed by atoms with Gasteiger partial charge >= 0.3 is 6.16 Å². The standard InChI is InChI=1S/C29H44O5/c1-25(2)21-9-7-16-18-14-20-17(6-8-19(32-20)23-26(3,4)34-24(31)33-23)27(18,5)12-13-28(16)15-29(21,28)11-10-22(25)30/h16-23,30H,6-15H2,1-5H3/t16?,17?,18?,19?,20?,21?,22-,23-,27?,28?,29?/m0/s1. The second kappa shape index (κ2) is 6.54. The predicted octanol–water partition coefficient (Wildman–Crippen LogP) is 5.87. The fourth-order valence-corrected chi connectivity index (χ4v) is 11.6. The van der Waals surface area contributed by atoms with Crippen LogP contribution in [0.25, 0.3) is 0 Å². The Bertz CT molecular complexity index is 912. The summed E-state index contributed by atoms with van der Waals surface area (Å²) < 4.78 is 17.9. The van der Waals surface area contributed by atoms with Crippen LogP contribution in [0.4, 0.5) is 4.79 Å². The van der Waals surface area contributed by atoms with Crippen LogP contribution in [0.1, 0.15) is 98.8 Å². The molecule has 2 heterocycles. The molecule has 0 radical (unpaired) electrons. The van der Waals surface area contributed by atoms with Crippen LogP contribution in [0.15, 0.2) is 0 Å². The molecular formula is C29H44O5. The summed E-state index contributed by atoms with van der Waals surface area (Å²) in [5.41, 5.74) is 0.841. The number of aliphatic hydroxyl groups excluding tert-OH is 1. The Morgan fingerprint density at radius 2 is 1.59 bits per heavy atom. The Morgan fingerprint density at radius 3 is 2.32 bits per heavy atom. The summed E-state index contributed by atoms with van der Waals surface area (Å²) in [6.45, 7) is 11.2. The molecule has 34 heavy (non-hydrogen) atoms. The zero-order chi connectivity index (χ0) is 23.9. The highest BCUT2D eigenvalue weighted by atomic mass is 16.8. The number of hydrogen-bond acceptors (Lipinski definition) is 5. The smallest absolute Gasteiger partial charge is 0.424 e. The van der Waals surface area contributed by atoms with Gasteiger partial charge in [0.25, 0.3) is 0 Å². The van der Waals surface area contributed by atoms with E-state index in [1.54, 1.807) is 0 Å². The van der Waals surface area contributed by atoms with Crippen LogP contribution >= 0.6 is 0 Å². The molecule has 5 nitrogen and oxygen atoms in total. The van der Waals surface area contributed by atoms with Crippen LogP contribution in [0.3, 0.4) is 0 Å². The Labute approximate surface area is 204 Å². The van der Waals surface area contributed by atoms with Crippen molar-refractivity contribution in [3.63, 3.8) is 0 Å². The SMILES string of the molecule is CC12CCC34CC35CC[C@H](O)C(C)(C)C5CCC4C1CC1OC([C@@H]3OC(=O)OC3(C)C)CCC12.